The summed E-state index contributed by atoms with van der Waals surface area (Å²) in [5, 5.41) is 9.22. The fourth-order valence-electron chi connectivity index (χ4n) is 4.48. The summed E-state index contributed by atoms with van der Waals surface area (Å²) in [4.78, 5) is 12.7. The van der Waals surface area contributed by atoms with Gasteiger partial charge in [0.15, 0.2) is 11.5 Å². The normalized spacial score (nSPS) is 16.9. The molecule has 0 heterocycles. The molecule has 0 saturated heterocycles. The van der Waals surface area contributed by atoms with E-state index >= 15 is 0 Å². The predicted octanol–water partition coefficient (Wildman–Crippen LogP) is 3.52. The molecule has 0 saturated carbocycles. The number of nitrogens with zero attached hydrogens (tertiary/aromatic N) is 2. The van der Waals surface area contributed by atoms with Crippen molar-refractivity contribution in [1.29, 1.82) is 5.26 Å². The Bertz CT molecular complexity index is 1630. The lowest BCUT2D eigenvalue weighted by atomic mass is 9.68. The first-order chi connectivity index (χ1) is 16.4. The molecule has 0 N–H and O–H groups in total. The van der Waals surface area contributed by atoms with Gasteiger partial charge in [-0.05, 0) is 52.9 Å². The number of halogens is 3. The van der Waals surface area contributed by atoms with Crippen molar-refractivity contribution < 1.29 is 39.0 Å². The van der Waals surface area contributed by atoms with Gasteiger partial charge in [0.2, 0.25) is 10.0 Å². The van der Waals surface area contributed by atoms with Crippen LogP contribution in [0.1, 0.15) is 46.5 Å². The third kappa shape index (κ3) is 3.71. The maximum Gasteiger partial charge on any atom is 0.534 e. The van der Waals surface area contributed by atoms with Crippen molar-refractivity contribution in [2.45, 2.75) is 36.1 Å². The first-order valence-corrected chi connectivity index (χ1v) is 13.2. The van der Waals surface area contributed by atoms with Crippen LogP contribution >= 0.6 is 0 Å². The molecule has 2 aromatic carbocycles. The van der Waals surface area contributed by atoms with Gasteiger partial charge in [0.25, 0.3) is 0 Å². The van der Waals surface area contributed by atoms with Crippen LogP contribution < -0.4 is 4.18 Å². The molecule has 2 aromatic rings. The minimum Gasteiger partial charge on any atom is -0.375 e. The van der Waals surface area contributed by atoms with E-state index < -0.39 is 47.5 Å². The second-order valence-electron chi connectivity index (χ2n) is 9.08. The number of ketones is 1. The quantitative estimate of drug-likeness (QED) is 0.430. The van der Waals surface area contributed by atoms with E-state index in [1.165, 1.54) is 0 Å². The molecule has 190 valence electrons. The van der Waals surface area contributed by atoms with Gasteiger partial charge in [-0.25, -0.2) is 12.7 Å². The Kier molecular flexibility index (Phi) is 5.67. The molecule has 0 fully saturated rings. The van der Waals surface area contributed by atoms with E-state index in [0.717, 1.165) is 26.2 Å². The molecule has 36 heavy (non-hydrogen) atoms. The lowest BCUT2D eigenvalue weighted by Gasteiger charge is -2.35. The first-order valence-electron chi connectivity index (χ1n) is 10.4. The lowest BCUT2D eigenvalue weighted by molar-refractivity contribution is -0.0501. The van der Waals surface area contributed by atoms with Gasteiger partial charge >= 0.3 is 15.6 Å². The van der Waals surface area contributed by atoms with Crippen LogP contribution in [0.5, 0.6) is 5.75 Å². The van der Waals surface area contributed by atoms with Crippen molar-refractivity contribution in [1.82, 2.24) is 4.31 Å². The van der Waals surface area contributed by atoms with Crippen molar-refractivity contribution in [3.05, 3.63) is 63.7 Å². The Labute approximate surface area is 205 Å². The summed E-state index contributed by atoms with van der Waals surface area (Å²) in [6, 6.07) is 8.57. The van der Waals surface area contributed by atoms with E-state index in [-0.39, 0.29) is 17.5 Å². The minimum absolute atomic E-state index is 0.104. The van der Waals surface area contributed by atoms with Crippen LogP contribution in [0.25, 0.3) is 5.57 Å². The largest absolute Gasteiger partial charge is 0.534 e. The van der Waals surface area contributed by atoms with Gasteiger partial charge in [-0.1, -0.05) is 19.9 Å². The average molecular weight is 541 g/mol. The van der Waals surface area contributed by atoms with Crippen molar-refractivity contribution >= 4 is 31.5 Å². The number of carbonyl (C=O) groups excluding carboxylic acids is 1. The number of carbonyl (C=O) groups is 1. The monoisotopic (exact) mass is 540 g/mol. The molecule has 4 rings (SSSR count). The highest BCUT2D eigenvalue weighted by molar-refractivity contribution is 7.89. The number of alkyl halides is 3. The molecule has 0 aromatic heterocycles. The van der Waals surface area contributed by atoms with Gasteiger partial charge in [-0.2, -0.15) is 26.9 Å². The summed E-state index contributed by atoms with van der Waals surface area (Å²) in [6.07, 6.45) is 0.271. The zero-order valence-corrected chi connectivity index (χ0v) is 21.0. The predicted molar refractivity (Wildman–Crippen MR) is 122 cm³/mol. The minimum atomic E-state index is -6.22. The third-order valence-corrected chi connectivity index (χ3v) is 9.20. The standard InChI is InChI=1S/C23H19F3N2O6S2/c1-22(2)16-10-18(34-36(32,33)23(24,25)26)19(35(30,31)28(3)4)9-15(16)21(29)20-14-6-5-12(11-27)7-13(14)8-17(20)22/h5-7,9-10H,8H2,1-4H3. The summed E-state index contributed by atoms with van der Waals surface area (Å²) >= 11 is 0. The summed E-state index contributed by atoms with van der Waals surface area (Å²) in [5.41, 5.74) is -4.24. The highest BCUT2D eigenvalue weighted by atomic mass is 32.2. The van der Waals surface area contributed by atoms with E-state index in [4.69, 9.17) is 0 Å². The number of nitriles is 1. The van der Waals surface area contributed by atoms with Gasteiger partial charge in [0, 0.05) is 30.6 Å². The highest BCUT2D eigenvalue weighted by Crippen LogP contribution is 2.51. The van der Waals surface area contributed by atoms with Gasteiger partial charge < -0.3 is 4.18 Å². The first kappa shape index (κ1) is 25.9. The smallest absolute Gasteiger partial charge is 0.375 e. The van der Waals surface area contributed by atoms with Crippen molar-refractivity contribution in [3.8, 4) is 11.8 Å². The topological polar surface area (TPSA) is 122 Å². The van der Waals surface area contributed by atoms with Crippen LogP contribution in [-0.2, 0) is 32.0 Å². The molecule has 0 amide bonds. The zero-order chi connectivity index (χ0) is 27.0. The molecular formula is C23H19F3N2O6S2. The van der Waals surface area contributed by atoms with Crippen molar-refractivity contribution in [2.24, 2.45) is 0 Å². The Morgan fingerprint density at radius 3 is 2.25 bits per heavy atom. The Balaban J connectivity index is 1.99. The molecule has 0 spiro atoms. The SMILES string of the molecule is CN(C)S(=O)(=O)c1cc2c(cc1OS(=O)(=O)C(F)(F)F)C(C)(C)C1=C(C2=O)c2ccc(C#N)cc2C1. The van der Waals surface area contributed by atoms with E-state index in [1.807, 2.05) is 6.07 Å². The molecule has 0 radical (unpaired) electrons. The molecule has 13 heteroatoms. The zero-order valence-electron chi connectivity index (χ0n) is 19.4. The Hall–Kier alpha value is -3.21. The van der Waals surface area contributed by atoms with Crippen LogP contribution in [0.3, 0.4) is 0 Å². The highest BCUT2D eigenvalue weighted by Gasteiger charge is 2.50. The molecule has 8 nitrogen and oxygen atoms in total. The van der Waals surface area contributed by atoms with Gasteiger partial charge in [0.1, 0.15) is 4.90 Å². The number of benzene rings is 2. The van der Waals surface area contributed by atoms with E-state index in [9.17, 15) is 40.1 Å². The van der Waals surface area contributed by atoms with E-state index in [0.29, 0.717) is 32.1 Å². The summed E-state index contributed by atoms with van der Waals surface area (Å²) in [6.45, 7) is 3.37. The molecular weight excluding hydrogens is 521 g/mol. The second-order valence-corrected chi connectivity index (χ2v) is 12.7. The number of sulfonamides is 1. The average Bonchev–Trinajstić information content (AvgIpc) is 3.16. The third-order valence-electron chi connectivity index (χ3n) is 6.40. The van der Waals surface area contributed by atoms with Crippen LogP contribution in [-0.4, -0.2) is 46.5 Å². The summed E-state index contributed by atoms with van der Waals surface area (Å²) in [7, 11) is -8.55. The molecule has 2 aliphatic carbocycles. The Morgan fingerprint density at radius 1 is 1.06 bits per heavy atom. The molecule has 0 bridgehead atoms. The number of rotatable bonds is 4. The van der Waals surface area contributed by atoms with E-state index in [2.05, 4.69) is 4.18 Å². The van der Waals surface area contributed by atoms with Gasteiger partial charge in [-0.3, -0.25) is 4.79 Å². The fourth-order valence-corrected chi connectivity index (χ4v) is 6.02. The van der Waals surface area contributed by atoms with Crippen LogP contribution in [0.2, 0.25) is 0 Å². The number of fused-ring (bicyclic) bond motifs is 3. The van der Waals surface area contributed by atoms with Crippen molar-refractivity contribution in [2.75, 3.05) is 14.1 Å². The number of hydrogen-bond donors (Lipinski definition) is 0. The molecule has 0 aliphatic heterocycles. The number of hydrogen-bond acceptors (Lipinski definition) is 7. The van der Waals surface area contributed by atoms with Crippen LogP contribution in [0, 0.1) is 11.3 Å². The maximum absolute atomic E-state index is 13.6. The molecule has 0 atom stereocenters. The number of Topliss-reactive ketones (excluding diaryl/α,β-unsaturated/α-hetero) is 1. The van der Waals surface area contributed by atoms with Crippen LogP contribution in [0.15, 0.2) is 40.8 Å². The fraction of sp³-hybridized carbons (Fsp3) is 0.304. The Morgan fingerprint density at radius 2 is 1.69 bits per heavy atom. The second kappa shape index (κ2) is 7.89. The summed E-state index contributed by atoms with van der Waals surface area (Å²) in [5.74, 6) is -1.63. The van der Waals surface area contributed by atoms with Gasteiger partial charge in [-0.15, -0.1) is 0 Å². The molecule has 2 aliphatic rings. The summed E-state index contributed by atoms with van der Waals surface area (Å²) < 4.78 is 93.8. The van der Waals surface area contributed by atoms with Gasteiger partial charge in [0.05, 0.1) is 11.6 Å². The van der Waals surface area contributed by atoms with E-state index in [1.54, 1.807) is 32.0 Å². The maximum atomic E-state index is 13.6. The number of allylic oxidation sites excluding steroid dienone is 2. The van der Waals surface area contributed by atoms with Crippen LogP contribution in [0.4, 0.5) is 13.2 Å². The lowest BCUT2D eigenvalue weighted by Crippen LogP contribution is -2.33. The van der Waals surface area contributed by atoms with Crippen molar-refractivity contribution in [3.63, 3.8) is 0 Å². The molecule has 0 unspecified atom stereocenters.